The van der Waals surface area contributed by atoms with Gasteiger partial charge in [0.15, 0.2) is 0 Å². The van der Waals surface area contributed by atoms with Gasteiger partial charge in [-0.25, -0.2) is 0 Å². The third-order valence-corrected chi connectivity index (χ3v) is 5.28. The lowest BCUT2D eigenvalue weighted by atomic mass is 9.97. The normalized spacial score (nSPS) is 18.0. The number of halogens is 1. The first-order chi connectivity index (χ1) is 14.4. The number of hydrogen-bond donors (Lipinski definition) is 1. The third-order valence-electron chi connectivity index (χ3n) is 4.99. The highest BCUT2D eigenvalue weighted by Crippen LogP contribution is 2.42. The molecule has 1 N–H and O–H groups in total. The Labute approximate surface area is 179 Å². The standard InChI is InChI=1S/C22H23ClN2O5/c1-4-5-10-25-19(15-8-6-7-9-24-15)18(21(27)22(25)28)20(26)13-11-14(23)17(30-3)12-16(13)29-2/h6-9,11-12,19,26H,4-5,10H2,1-3H3/b20-18+. The average molecular weight is 431 g/mol. The summed E-state index contributed by atoms with van der Waals surface area (Å²) < 4.78 is 10.5. The molecule has 3 rings (SSSR count). The molecule has 0 radical (unpaired) electrons. The molecule has 1 fully saturated rings. The van der Waals surface area contributed by atoms with Crippen molar-refractivity contribution in [2.45, 2.75) is 25.8 Å². The van der Waals surface area contributed by atoms with Crippen LogP contribution in [0.4, 0.5) is 0 Å². The predicted octanol–water partition coefficient (Wildman–Crippen LogP) is 3.97. The molecule has 1 amide bonds. The van der Waals surface area contributed by atoms with E-state index < -0.39 is 17.7 Å². The zero-order valence-corrected chi connectivity index (χ0v) is 17.8. The van der Waals surface area contributed by atoms with Gasteiger partial charge in [-0.2, -0.15) is 0 Å². The number of pyridine rings is 1. The molecular formula is C22H23ClN2O5. The maximum atomic E-state index is 12.9. The summed E-state index contributed by atoms with van der Waals surface area (Å²) >= 11 is 6.24. The minimum absolute atomic E-state index is 0.0469. The van der Waals surface area contributed by atoms with Gasteiger partial charge in [0, 0.05) is 18.8 Å². The van der Waals surface area contributed by atoms with Gasteiger partial charge >= 0.3 is 0 Å². The highest BCUT2D eigenvalue weighted by Gasteiger charge is 2.46. The van der Waals surface area contributed by atoms with Gasteiger partial charge in [0.05, 0.1) is 36.1 Å². The van der Waals surface area contributed by atoms with Gasteiger partial charge in [-0.1, -0.05) is 31.0 Å². The molecule has 1 unspecified atom stereocenters. The molecule has 1 saturated heterocycles. The molecule has 0 aliphatic carbocycles. The summed E-state index contributed by atoms with van der Waals surface area (Å²) in [5, 5.41) is 11.4. The number of hydrogen-bond acceptors (Lipinski definition) is 6. The van der Waals surface area contributed by atoms with Crippen molar-refractivity contribution in [3.63, 3.8) is 0 Å². The van der Waals surface area contributed by atoms with E-state index in [0.717, 1.165) is 6.42 Å². The molecule has 1 aromatic heterocycles. The smallest absolute Gasteiger partial charge is 0.295 e. The van der Waals surface area contributed by atoms with Gasteiger partial charge in [0.25, 0.3) is 11.7 Å². The van der Waals surface area contributed by atoms with Crippen LogP contribution in [-0.2, 0) is 9.59 Å². The van der Waals surface area contributed by atoms with Gasteiger partial charge in [-0.05, 0) is 24.6 Å². The van der Waals surface area contributed by atoms with Crippen LogP contribution < -0.4 is 9.47 Å². The van der Waals surface area contributed by atoms with Crippen LogP contribution in [0.3, 0.4) is 0 Å². The number of benzene rings is 1. The molecule has 2 aromatic rings. The second-order valence-electron chi connectivity index (χ2n) is 6.79. The fourth-order valence-corrected chi connectivity index (χ4v) is 3.72. The summed E-state index contributed by atoms with van der Waals surface area (Å²) in [6.07, 6.45) is 3.15. The first-order valence-corrected chi connectivity index (χ1v) is 9.93. The molecule has 2 heterocycles. The third kappa shape index (κ3) is 3.85. The second kappa shape index (κ2) is 9.17. The Hall–Kier alpha value is -3.06. The van der Waals surface area contributed by atoms with Crippen molar-refractivity contribution < 1.29 is 24.2 Å². The summed E-state index contributed by atoms with van der Waals surface area (Å²) in [6.45, 7) is 2.37. The van der Waals surface area contributed by atoms with Crippen molar-refractivity contribution in [1.82, 2.24) is 9.88 Å². The van der Waals surface area contributed by atoms with Crippen molar-refractivity contribution in [2.24, 2.45) is 0 Å². The number of methoxy groups -OCH3 is 2. The van der Waals surface area contributed by atoms with Gasteiger partial charge in [-0.15, -0.1) is 0 Å². The molecule has 30 heavy (non-hydrogen) atoms. The van der Waals surface area contributed by atoms with Gasteiger partial charge in [-0.3, -0.25) is 14.6 Å². The lowest BCUT2D eigenvalue weighted by Crippen LogP contribution is -2.31. The Morgan fingerprint density at radius 1 is 1.20 bits per heavy atom. The topological polar surface area (TPSA) is 89.0 Å². The fourth-order valence-electron chi connectivity index (χ4n) is 3.47. The van der Waals surface area contributed by atoms with Crippen molar-refractivity contribution in [2.75, 3.05) is 20.8 Å². The lowest BCUT2D eigenvalue weighted by Gasteiger charge is -2.24. The van der Waals surface area contributed by atoms with Crippen LogP contribution in [0.5, 0.6) is 11.5 Å². The number of Topliss-reactive ketones (excluding diaryl/α,β-unsaturated/α-hetero) is 1. The maximum absolute atomic E-state index is 12.9. The molecule has 0 saturated carbocycles. The monoisotopic (exact) mass is 430 g/mol. The number of nitrogens with zero attached hydrogens (tertiary/aromatic N) is 2. The molecule has 0 bridgehead atoms. The van der Waals surface area contributed by atoms with Crippen molar-refractivity contribution in [3.05, 3.63) is 58.4 Å². The molecule has 1 aliphatic heterocycles. The number of ether oxygens (including phenoxy) is 2. The first-order valence-electron chi connectivity index (χ1n) is 9.55. The SMILES string of the molecule is CCCCN1C(=O)C(=O)/C(=C(/O)c2cc(Cl)c(OC)cc2OC)C1c1ccccn1. The van der Waals surface area contributed by atoms with E-state index in [1.807, 2.05) is 6.92 Å². The van der Waals surface area contributed by atoms with Crippen LogP contribution in [0.2, 0.25) is 5.02 Å². The van der Waals surface area contributed by atoms with Crippen LogP contribution in [-0.4, -0.2) is 47.4 Å². The highest BCUT2D eigenvalue weighted by atomic mass is 35.5. The summed E-state index contributed by atoms with van der Waals surface area (Å²) in [6, 6.07) is 7.40. The van der Waals surface area contributed by atoms with Crippen LogP contribution >= 0.6 is 11.6 Å². The number of likely N-dealkylation sites (tertiary alicyclic amines) is 1. The van der Waals surface area contributed by atoms with Crippen LogP contribution in [0.25, 0.3) is 5.76 Å². The highest BCUT2D eigenvalue weighted by molar-refractivity contribution is 6.46. The van der Waals surface area contributed by atoms with Crippen LogP contribution in [0.15, 0.2) is 42.1 Å². The van der Waals surface area contributed by atoms with E-state index in [9.17, 15) is 14.7 Å². The van der Waals surface area contributed by atoms with Gasteiger partial charge in [0.2, 0.25) is 0 Å². The summed E-state index contributed by atoms with van der Waals surface area (Å²) in [5.74, 6) is -1.19. The number of aromatic nitrogens is 1. The maximum Gasteiger partial charge on any atom is 0.295 e. The fraction of sp³-hybridized carbons (Fsp3) is 0.318. The largest absolute Gasteiger partial charge is 0.507 e. The first kappa shape index (κ1) is 21.6. The Morgan fingerprint density at radius 2 is 1.93 bits per heavy atom. The summed E-state index contributed by atoms with van der Waals surface area (Å²) in [5.41, 5.74) is 0.639. The predicted molar refractivity (Wildman–Crippen MR) is 113 cm³/mol. The molecule has 0 spiro atoms. The zero-order chi connectivity index (χ0) is 21.8. The van der Waals surface area contributed by atoms with Gasteiger partial charge < -0.3 is 19.5 Å². The zero-order valence-electron chi connectivity index (χ0n) is 17.0. The number of aliphatic hydroxyl groups is 1. The van der Waals surface area contributed by atoms with E-state index in [1.165, 1.54) is 31.3 Å². The number of rotatable bonds is 7. The van der Waals surface area contributed by atoms with E-state index in [4.69, 9.17) is 21.1 Å². The second-order valence-corrected chi connectivity index (χ2v) is 7.19. The Kier molecular flexibility index (Phi) is 6.62. The van der Waals surface area contributed by atoms with Crippen molar-refractivity contribution >= 4 is 29.1 Å². The van der Waals surface area contributed by atoms with E-state index >= 15 is 0 Å². The number of ketones is 1. The van der Waals surface area contributed by atoms with Crippen LogP contribution in [0, 0.1) is 0 Å². The number of carbonyl (C=O) groups is 2. The number of carbonyl (C=O) groups excluding carboxylic acids is 2. The minimum Gasteiger partial charge on any atom is -0.507 e. The lowest BCUT2D eigenvalue weighted by molar-refractivity contribution is -0.140. The molecule has 1 aromatic carbocycles. The van der Waals surface area contributed by atoms with E-state index in [-0.39, 0.29) is 27.7 Å². The van der Waals surface area contributed by atoms with E-state index in [0.29, 0.717) is 24.4 Å². The summed E-state index contributed by atoms with van der Waals surface area (Å²) in [7, 11) is 2.88. The molecule has 158 valence electrons. The van der Waals surface area contributed by atoms with E-state index in [2.05, 4.69) is 4.98 Å². The van der Waals surface area contributed by atoms with Crippen molar-refractivity contribution in [3.8, 4) is 11.5 Å². The Balaban J connectivity index is 2.22. The Morgan fingerprint density at radius 3 is 2.53 bits per heavy atom. The number of unbranched alkanes of at least 4 members (excludes halogenated alkanes) is 1. The van der Waals surface area contributed by atoms with Crippen molar-refractivity contribution in [1.29, 1.82) is 0 Å². The summed E-state index contributed by atoms with van der Waals surface area (Å²) in [4.78, 5) is 31.5. The number of amides is 1. The molecule has 1 aliphatic rings. The van der Waals surface area contributed by atoms with E-state index in [1.54, 1.807) is 24.4 Å². The minimum atomic E-state index is -0.802. The molecule has 7 nitrogen and oxygen atoms in total. The Bertz CT molecular complexity index is 991. The molecule has 1 atom stereocenters. The molecular weight excluding hydrogens is 408 g/mol. The molecule has 8 heteroatoms. The van der Waals surface area contributed by atoms with Crippen LogP contribution in [0.1, 0.15) is 37.1 Å². The van der Waals surface area contributed by atoms with Gasteiger partial charge in [0.1, 0.15) is 23.3 Å². The average Bonchev–Trinajstić information content (AvgIpc) is 3.02. The quantitative estimate of drug-likeness (QED) is 0.406. The number of aliphatic hydroxyl groups excluding tert-OH is 1.